The fourth-order valence-electron chi connectivity index (χ4n) is 1.60. The number of rotatable bonds is 7. The van der Waals surface area contributed by atoms with E-state index in [4.69, 9.17) is 4.74 Å². The zero-order chi connectivity index (χ0) is 13.5. The number of thiazole rings is 1. The number of esters is 1. The van der Waals surface area contributed by atoms with Gasteiger partial charge in [-0.05, 0) is 26.0 Å². The maximum Gasteiger partial charge on any atom is 0.307 e. The van der Waals surface area contributed by atoms with E-state index < -0.39 is 0 Å². The van der Waals surface area contributed by atoms with Gasteiger partial charge in [0.25, 0.3) is 0 Å². The lowest BCUT2D eigenvalue weighted by Gasteiger charge is -2.12. The topological polar surface area (TPSA) is 39.2 Å². The molecule has 0 spiro atoms. The van der Waals surface area contributed by atoms with Crippen molar-refractivity contribution < 1.29 is 9.53 Å². The molecule has 102 valence electrons. The van der Waals surface area contributed by atoms with Crippen LogP contribution in [0.25, 0.3) is 0 Å². The van der Waals surface area contributed by atoms with Crippen LogP contribution in [0.15, 0.2) is 0 Å². The van der Waals surface area contributed by atoms with Gasteiger partial charge in [0.05, 0.1) is 22.0 Å². The van der Waals surface area contributed by atoms with Crippen LogP contribution in [-0.2, 0) is 16.0 Å². The second kappa shape index (κ2) is 7.79. The lowest BCUT2D eigenvalue weighted by atomic mass is 10.3. The van der Waals surface area contributed by atoms with E-state index in [-0.39, 0.29) is 12.1 Å². The molecule has 0 aliphatic rings. The summed E-state index contributed by atoms with van der Waals surface area (Å²) >= 11 is 3.40. The summed E-state index contributed by atoms with van der Waals surface area (Å²) in [5, 5.41) is 1.10. The molecule has 0 fully saturated rings. The highest BCUT2D eigenvalue weighted by molar-refractivity contribution is 7.99. The van der Waals surface area contributed by atoms with E-state index in [9.17, 15) is 4.79 Å². The maximum atomic E-state index is 11.6. The number of hydrogen-bond donors (Lipinski definition) is 0. The molecule has 0 unspecified atom stereocenters. The Hall–Kier alpha value is -0.550. The summed E-state index contributed by atoms with van der Waals surface area (Å²) < 4.78 is 5.44. The molecule has 0 N–H and O–H groups in total. The zero-order valence-corrected chi connectivity index (χ0v) is 13.1. The second-order valence-electron chi connectivity index (χ2n) is 3.99. The molecule has 0 bridgehead atoms. The number of thioether (sulfide) groups is 1. The summed E-state index contributed by atoms with van der Waals surface area (Å²) in [5.74, 6) is 1.76. The molecule has 3 nitrogen and oxygen atoms in total. The Morgan fingerprint density at radius 3 is 2.78 bits per heavy atom. The van der Waals surface area contributed by atoms with Gasteiger partial charge in [-0.15, -0.1) is 11.3 Å². The van der Waals surface area contributed by atoms with Gasteiger partial charge < -0.3 is 4.74 Å². The first-order chi connectivity index (χ1) is 8.58. The predicted molar refractivity (Wildman–Crippen MR) is 78.4 cm³/mol. The third kappa shape index (κ3) is 4.61. The zero-order valence-electron chi connectivity index (χ0n) is 11.5. The van der Waals surface area contributed by atoms with Gasteiger partial charge in [0, 0.05) is 5.75 Å². The summed E-state index contributed by atoms with van der Waals surface area (Å²) in [6.07, 6.45) is 1.24. The second-order valence-corrected chi connectivity index (χ2v) is 6.50. The van der Waals surface area contributed by atoms with Crippen LogP contribution in [0.2, 0.25) is 0 Å². The molecule has 1 atom stereocenters. The molecule has 0 aromatic carbocycles. The third-order valence-electron chi connectivity index (χ3n) is 2.51. The number of hydrogen-bond acceptors (Lipinski definition) is 5. The van der Waals surface area contributed by atoms with E-state index in [1.807, 2.05) is 13.8 Å². The number of aryl methyl sites for hydroxylation is 2. The number of nitrogens with zero attached hydrogens (tertiary/aromatic N) is 1. The molecule has 1 aromatic rings. The van der Waals surface area contributed by atoms with Crippen molar-refractivity contribution in [2.24, 2.45) is 0 Å². The van der Waals surface area contributed by atoms with Crippen molar-refractivity contribution in [3.63, 3.8) is 0 Å². The van der Waals surface area contributed by atoms with Crippen molar-refractivity contribution in [2.45, 2.75) is 46.6 Å². The standard InChI is InChI=1S/C13H21NO2S2/c1-5-11-14-9(3)13(18-11)10(4)16-12(15)7-8-17-6-2/h10H,5-8H2,1-4H3/t10-/m1/s1. The van der Waals surface area contributed by atoms with Crippen LogP contribution in [0.3, 0.4) is 0 Å². The number of ether oxygens (including phenoxy) is 1. The van der Waals surface area contributed by atoms with Crippen LogP contribution in [0, 0.1) is 6.92 Å². The van der Waals surface area contributed by atoms with Crippen LogP contribution >= 0.6 is 23.1 Å². The van der Waals surface area contributed by atoms with Gasteiger partial charge >= 0.3 is 5.97 Å². The summed E-state index contributed by atoms with van der Waals surface area (Å²) in [6, 6.07) is 0. The van der Waals surface area contributed by atoms with Crippen molar-refractivity contribution >= 4 is 29.1 Å². The minimum absolute atomic E-state index is 0.116. The highest BCUT2D eigenvalue weighted by Gasteiger charge is 2.17. The first-order valence-electron chi connectivity index (χ1n) is 6.31. The molecule has 1 aromatic heterocycles. The highest BCUT2D eigenvalue weighted by atomic mass is 32.2. The molecular weight excluding hydrogens is 266 g/mol. The molecule has 0 saturated carbocycles. The minimum Gasteiger partial charge on any atom is -0.457 e. The van der Waals surface area contributed by atoms with Crippen LogP contribution in [0.5, 0.6) is 0 Å². The third-order valence-corrected chi connectivity index (χ3v) is 4.88. The van der Waals surface area contributed by atoms with Crippen LogP contribution < -0.4 is 0 Å². The molecule has 1 rings (SSSR count). The normalized spacial score (nSPS) is 12.4. The first kappa shape index (κ1) is 15.5. The molecular formula is C13H21NO2S2. The Kier molecular flexibility index (Phi) is 6.71. The van der Waals surface area contributed by atoms with Crippen molar-refractivity contribution in [2.75, 3.05) is 11.5 Å². The molecule has 0 aliphatic heterocycles. The lowest BCUT2D eigenvalue weighted by Crippen LogP contribution is -2.09. The molecule has 5 heteroatoms. The largest absolute Gasteiger partial charge is 0.457 e. The summed E-state index contributed by atoms with van der Waals surface area (Å²) in [5.41, 5.74) is 0.986. The SMILES string of the molecule is CCSCCC(=O)O[C@H](C)c1sc(CC)nc1C. The van der Waals surface area contributed by atoms with E-state index in [2.05, 4.69) is 18.8 Å². The van der Waals surface area contributed by atoms with E-state index in [1.165, 1.54) is 0 Å². The van der Waals surface area contributed by atoms with E-state index in [0.29, 0.717) is 6.42 Å². The Balaban J connectivity index is 2.50. The quantitative estimate of drug-likeness (QED) is 0.565. The highest BCUT2D eigenvalue weighted by Crippen LogP contribution is 2.28. The Bertz CT molecular complexity index is 390. The van der Waals surface area contributed by atoms with Crippen molar-refractivity contribution in [1.82, 2.24) is 4.98 Å². The average molecular weight is 287 g/mol. The number of carbonyl (C=O) groups is 1. The fraction of sp³-hybridized carbons (Fsp3) is 0.692. The van der Waals surface area contributed by atoms with Crippen LogP contribution in [-0.4, -0.2) is 22.5 Å². The molecule has 1 heterocycles. The van der Waals surface area contributed by atoms with Gasteiger partial charge in [0.1, 0.15) is 6.10 Å². The van der Waals surface area contributed by atoms with Crippen molar-refractivity contribution in [3.8, 4) is 0 Å². The maximum absolute atomic E-state index is 11.6. The number of aromatic nitrogens is 1. The molecule has 18 heavy (non-hydrogen) atoms. The fourth-order valence-corrected chi connectivity index (χ4v) is 3.19. The Morgan fingerprint density at radius 1 is 1.50 bits per heavy atom. The van der Waals surface area contributed by atoms with Crippen LogP contribution in [0.1, 0.15) is 48.9 Å². The summed E-state index contributed by atoms with van der Waals surface area (Å²) in [4.78, 5) is 17.2. The van der Waals surface area contributed by atoms with E-state index >= 15 is 0 Å². The van der Waals surface area contributed by atoms with Gasteiger partial charge in [0.2, 0.25) is 0 Å². The summed E-state index contributed by atoms with van der Waals surface area (Å²) in [6.45, 7) is 8.07. The van der Waals surface area contributed by atoms with Gasteiger partial charge in [-0.1, -0.05) is 13.8 Å². The molecule has 0 saturated heterocycles. The monoisotopic (exact) mass is 287 g/mol. The van der Waals surface area contributed by atoms with Gasteiger partial charge in [0.15, 0.2) is 0 Å². The summed E-state index contributed by atoms with van der Waals surface area (Å²) in [7, 11) is 0. The molecule has 0 amide bonds. The van der Waals surface area contributed by atoms with E-state index in [1.54, 1.807) is 23.1 Å². The van der Waals surface area contributed by atoms with Gasteiger partial charge in [-0.3, -0.25) is 4.79 Å². The minimum atomic E-state index is -0.179. The molecule has 0 aliphatic carbocycles. The van der Waals surface area contributed by atoms with Crippen LogP contribution in [0.4, 0.5) is 0 Å². The lowest BCUT2D eigenvalue weighted by molar-refractivity contribution is -0.147. The van der Waals surface area contributed by atoms with Crippen molar-refractivity contribution in [3.05, 3.63) is 15.6 Å². The average Bonchev–Trinajstić information content (AvgIpc) is 2.71. The first-order valence-corrected chi connectivity index (χ1v) is 8.29. The number of carbonyl (C=O) groups excluding carboxylic acids is 1. The van der Waals surface area contributed by atoms with Gasteiger partial charge in [-0.2, -0.15) is 11.8 Å². The molecule has 0 radical (unpaired) electrons. The Morgan fingerprint density at radius 2 is 2.22 bits per heavy atom. The Labute approximate surface area is 117 Å². The van der Waals surface area contributed by atoms with E-state index in [0.717, 1.165) is 33.5 Å². The predicted octanol–water partition coefficient (Wildman–Crippen LogP) is 3.76. The smallest absolute Gasteiger partial charge is 0.307 e. The van der Waals surface area contributed by atoms with Gasteiger partial charge in [-0.25, -0.2) is 4.98 Å². The van der Waals surface area contributed by atoms with Crippen molar-refractivity contribution in [1.29, 1.82) is 0 Å².